The molecule has 1 aliphatic rings. The van der Waals surface area contributed by atoms with Crippen molar-refractivity contribution in [2.45, 2.75) is 32.0 Å². The summed E-state index contributed by atoms with van der Waals surface area (Å²) in [4.78, 5) is 27.5. The zero-order valence-electron chi connectivity index (χ0n) is 18.7. The van der Waals surface area contributed by atoms with E-state index in [1.54, 1.807) is 36.2 Å². The molecule has 1 atom stereocenters. The van der Waals surface area contributed by atoms with Crippen LogP contribution in [-0.4, -0.2) is 58.5 Å². The van der Waals surface area contributed by atoms with Crippen molar-refractivity contribution in [2.24, 2.45) is 0 Å². The molecule has 1 saturated heterocycles. The summed E-state index contributed by atoms with van der Waals surface area (Å²) in [6.07, 6.45) is 3.36. The molecular formula is C24H27N5O4. The molecule has 1 aliphatic heterocycles. The van der Waals surface area contributed by atoms with Crippen LogP contribution < -0.4 is 14.8 Å². The fraction of sp³-hybridized carbons (Fsp3) is 0.333. The first-order chi connectivity index (χ1) is 16.1. The zero-order chi connectivity index (χ0) is 23.2. The molecule has 9 heteroatoms. The molecule has 33 heavy (non-hydrogen) atoms. The van der Waals surface area contributed by atoms with Crippen molar-refractivity contribution in [3.63, 3.8) is 0 Å². The fourth-order valence-electron chi connectivity index (χ4n) is 4.00. The number of likely N-dealkylation sites (tertiary alicyclic amines) is 1. The van der Waals surface area contributed by atoms with Gasteiger partial charge in [-0.25, -0.2) is 4.68 Å². The lowest BCUT2D eigenvalue weighted by molar-refractivity contribution is 0.0717. The third-order valence-electron chi connectivity index (χ3n) is 5.74. The molecule has 1 N–H and O–H groups in total. The number of aromatic nitrogens is 3. The molecule has 172 valence electrons. The fourth-order valence-corrected chi connectivity index (χ4v) is 4.00. The lowest BCUT2D eigenvalue weighted by atomic mass is 10.1. The third kappa shape index (κ3) is 5.14. The molecule has 0 radical (unpaired) electrons. The average Bonchev–Trinajstić information content (AvgIpc) is 3.52. The van der Waals surface area contributed by atoms with Crippen molar-refractivity contribution < 1.29 is 19.1 Å². The first-order valence-corrected chi connectivity index (χ1v) is 10.8. The van der Waals surface area contributed by atoms with E-state index in [1.807, 2.05) is 35.2 Å². The van der Waals surface area contributed by atoms with Gasteiger partial charge in [-0.1, -0.05) is 35.5 Å². The standard InChI is InChI=1S/C24H27N5O4/c1-32-19-10-11-20(22(13-19)33-2)24(31)29-12-6-9-18(29)15-28-16-21(26-27-28)23(30)25-14-17-7-4-3-5-8-17/h3-5,7-8,10-11,13,16,18H,6,9,12,14-15H2,1-2H3,(H,25,30)/t18-/m0/s1. The van der Waals surface area contributed by atoms with Gasteiger partial charge >= 0.3 is 0 Å². The maximum atomic E-state index is 13.3. The normalized spacial score (nSPS) is 15.3. The maximum Gasteiger partial charge on any atom is 0.273 e. The molecule has 0 saturated carbocycles. The summed E-state index contributed by atoms with van der Waals surface area (Å²) in [6, 6.07) is 14.8. The number of nitrogens with one attached hydrogen (secondary N) is 1. The van der Waals surface area contributed by atoms with Gasteiger partial charge in [0, 0.05) is 19.2 Å². The van der Waals surface area contributed by atoms with Crippen molar-refractivity contribution in [3.05, 3.63) is 71.5 Å². The average molecular weight is 450 g/mol. The summed E-state index contributed by atoms with van der Waals surface area (Å²) in [6.45, 7) is 1.53. The molecule has 0 unspecified atom stereocenters. The quantitative estimate of drug-likeness (QED) is 0.568. The molecule has 2 amide bonds. The van der Waals surface area contributed by atoms with E-state index in [0.717, 1.165) is 18.4 Å². The second kappa shape index (κ2) is 10.2. The topological polar surface area (TPSA) is 98.6 Å². The first-order valence-electron chi connectivity index (χ1n) is 10.8. The molecule has 0 bridgehead atoms. The van der Waals surface area contributed by atoms with Crippen LogP contribution in [0.25, 0.3) is 0 Å². The van der Waals surface area contributed by atoms with Gasteiger partial charge in [0.1, 0.15) is 11.5 Å². The number of carbonyl (C=O) groups is 2. The molecular weight excluding hydrogens is 422 g/mol. The molecule has 3 aromatic rings. The number of hydrogen-bond donors (Lipinski definition) is 1. The van der Waals surface area contributed by atoms with Crippen molar-refractivity contribution in [1.29, 1.82) is 0 Å². The van der Waals surface area contributed by atoms with E-state index in [4.69, 9.17) is 9.47 Å². The van der Waals surface area contributed by atoms with Crippen LogP contribution in [0.1, 0.15) is 39.3 Å². The molecule has 2 aromatic carbocycles. The van der Waals surface area contributed by atoms with E-state index in [-0.39, 0.29) is 23.6 Å². The number of hydrogen-bond acceptors (Lipinski definition) is 6. The zero-order valence-corrected chi connectivity index (χ0v) is 18.7. The highest BCUT2D eigenvalue weighted by Gasteiger charge is 2.31. The lowest BCUT2D eigenvalue weighted by Crippen LogP contribution is -2.38. The first kappa shape index (κ1) is 22.3. The van der Waals surface area contributed by atoms with Crippen LogP contribution in [0.4, 0.5) is 0 Å². The Morgan fingerprint density at radius 2 is 1.94 bits per heavy atom. The number of rotatable bonds is 8. The number of amides is 2. The Balaban J connectivity index is 1.40. The highest BCUT2D eigenvalue weighted by Crippen LogP contribution is 2.29. The minimum Gasteiger partial charge on any atom is -0.497 e. The van der Waals surface area contributed by atoms with Gasteiger partial charge in [0.25, 0.3) is 11.8 Å². The minimum atomic E-state index is -0.285. The highest BCUT2D eigenvalue weighted by molar-refractivity contribution is 5.97. The highest BCUT2D eigenvalue weighted by atomic mass is 16.5. The lowest BCUT2D eigenvalue weighted by Gasteiger charge is -2.25. The minimum absolute atomic E-state index is 0.0498. The van der Waals surface area contributed by atoms with Crippen molar-refractivity contribution in [3.8, 4) is 11.5 Å². The predicted octanol–water partition coefficient (Wildman–Crippen LogP) is 2.53. The van der Waals surface area contributed by atoms with E-state index < -0.39 is 0 Å². The molecule has 2 heterocycles. The number of nitrogens with zero attached hydrogens (tertiary/aromatic N) is 4. The molecule has 0 spiro atoms. The van der Waals surface area contributed by atoms with Gasteiger partial charge in [0.2, 0.25) is 0 Å². The van der Waals surface area contributed by atoms with Gasteiger partial charge in [-0.3, -0.25) is 9.59 Å². The summed E-state index contributed by atoms with van der Waals surface area (Å²) in [5, 5.41) is 11.0. The summed E-state index contributed by atoms with van der Waals surface area (Å²) in [7, 11) is 3.11. The number of carbonyl (C=O) groups excluding carboxylic acids is 2. The molecule has 1 fully saturated rings. The molecule has 1 aromatic heterocycles. The van der Waals surface area contributed by atoms with Crippen molar-refractivity contribution >= 4 is 11.8 Å². The number of methoxy groups -OCH3 is 2. The summed E-state index contributed by atoms with van der Waals surface area (Å²) < 4.78 is 12.3. The summed E-state index contributed by atoms with van der Waals surface area (Å²) >= 11 is 0. The third-order valence-corrected chi connectivity index (χ3v) is 5.74. The van der Waals surface area contributed by atoms with Crippen LogP contribution in [-0.2, 0) is 13.1 Å². The van der Waals surface area contributed by atoms with Gasteiger partial charge in [-0.15, -0.1) is 5.10 Å². The van der Waals surface area contributed by atoms with Crippen LogP contribution >= 0.6 is 0 Å². The number of benzene rings is 2. The van der Waals surface area contributed by atoms with Gasteiger partial charge in [0.15, 0.2) is 5.69 Å². The maximum absolute atomic E-state index is 13.3. The van der Waals surface area contributed by atoms with Crippen LogP contribution in [0.3, 0.4) is 0 Å². The Morgan fingerprint density at radius 3 is 2.70 bits per heavy atom. The van der Waals surface area contributed by atoms with E-state index in [2.05, 4.69) is 15.6 Å². The van der Waals surface area contributed by atoms with E-state index in [9.17, 15) is 9.59 Å². The smallest absolute Gasteiger partial charge is 0.273 e. The second-order valence-electron chi connectivity index (χ2n) is 7.85. The SMILES string of the molecule is COc1ccc(C(=O)N2CCC[C@H]2Cn2cc(C(=O)NCc3ccccc3)nn2)c(OC)c1. The number of ether oxygens (including phenoxy) is 2. The van der Waals surface area contributed by atoms with Gasteiger partial charge in [-0.05, 0) is 30.5 Å². The van der Waals surface area contributed by atoms with Crippen LogP contribution in [0.15, 0.2) is 54.7 Å². The molecule has 0 aliphatic carbocycles. The van der Waals surface area contributed by atoms with Crippen LogP contribution in [0.2, 0.25) is 0 Å². The van der Waals surface area contributed by atoms with Crippen LogP contribution in [0.5, 0.6) is 11.5 Å². The largest absolute Gasteiger partial charge is 0.497 e. The van der Waals surface area contributed by atoms with E-state index in [1.165, 1.54) is 7.11 Å². The Hall–Kier alpha value is -3.88. The van der Waals surface area contributed by atoms with Crippen LogP contribution in [0, 0.1) is 0 Å². The Labute approximate surface area is 192 Å². The summed E-state index contributed by atoms with van der Waals surface area (Å²) in [5.41, 5.74) is 1.75. The van der Waals surface area contributed by atoms with E-state index in [0.29, 0.717) is 36.7 Å². The predicted molar refractivity (Wildman–Crippen MR) is 121 cm³/mol. The Bertz CT molecular complexity index is 1120. The second-order valence-corrected chi connectivity index (χ2v) is 7.85. The Morgan fingerprint density at radius 1 is 1.12 bits per heavy atom. The molecule has 9 nitrogen and oxygen atoms in total. The van der Waals surface area contributed by atoms with Crippen molar-refractivity contribution in [1.82, 2.24) is 25.2 Å². The Kier molecular flexibility index (Phi) is 6.87. The van der Waals surface area contributed by atoms with Gasteiger partial charge in [0.05, 0.1) is 38.6 Å². The van der Waals surface area contributed by atoms with Crippen molar-refractivity contribution in [2.75, 3.05) is 20.8 Å². The monoisotopic (exact) mass is 449 g/mol. The van der Waals surface area contributed by atoms with Gasteiger partial charge in [-0.2, -0.15) is 0 Å². The van der Waals surface area contributed by atoms with Gasteiger partial charge < -0.3 is 19.7 Å². The molecule has 4 rings (SSSR count). The summed E-state index contributed by atoms with van der Waals surface area (Å²) in [5.74, 6) is 0.718. The van der Waals surface area contributed by atoms with E-state index >= 15 is 0 Å².